The van der Waals surface area contributed by atoms with Gasteiger partial charge in [-0.3, -0.25) is 4.57 Å². The summed E-state index contributed by atoms with van der Waals surface area (Å²) in [4.78, 5) is 12.4. The van der Waals surface area contributed by atoms with Gasteiger partial charge in [0.15, 0.2) is 8.32 Å². The molecule has 1 aromatic carbocycles. The molecule has 1 heterocycles. The molecule has 1 aromatic heterocycles. The Hall–Kier alpha value is -1.85. The summed E-state index contributed by atoms with van der Waals surface area (Å²) in [5.41, 5.74) is 1.97. The quantitative estimate of drug-likeness (QED) is 0.494. The molecule has 2 aromatic rings. The Morgan fingerprint density at radius 3 is 2.46 bits per heavy atom. The molecule has 0 radical (unpaired) electrons. The third-order valence-corrected chi connectivity index (χ3v) is 9.74. The fourth-order valence-corrected chi connectivity index (χ4v) is 3.62. The van der Waals surface area contributed by atoms with Gasteiger partial charge in [-0.1, -0.05) is 57.2 Å². The molecule has 0 aliphatic rings. The average Bonchev–Trinajstić information content (AvgIpc) is 2.84. The Kier molecular flexibility index (Phi) is 6.47. The van der Waals surface area contributed by atoms with Gasteiger partial charge in [-0.2, -0.15) is 0 Å². The van der Waals surface area contributed by atoms with E-state index in [4.69, 9.17) is 8.84 Å². The highest BCUT2D eigenvalue weighted by atomic mass is 28.4. The predicted molar refractivity (Wildman–Crippen MR) is 109 cm³/mol. The lowest BCUT2D eigenvalue weighted by Gasteiger charge is -2.36. The van der Waals surface area contributed by atoms with Crippen LogP contribution in [0.3, 0.4) is 0 Å². The van der Waals surface area contributed by atoms with Gasteiger partial charge in [-0.15, -0.1) is 6.58 Å². The first-order valence-corrected chi connectivity index (χ1v) is 12.1. The summed E-state index contributed by atoms with van der Waals surface area (Å²) in [7, 11) is -1.81. The van der Waals surface area contributed by atoms with Crippen LogP contribution in [0.25, 0.3) is 0 Å². The van der Waals surface area contributed by atoms with Gasteiger partial charge in [-0.25, -0.2) is 4.79 Å². The summed E-state index contributed by atoms with van der Waals surface area (Å²) in [5.74, 6) is 0.401. The van der Waals surface area contributed by atoms with Crippen LogP contribution in [0.5, 0.6) is 0 Å². The summed E-state index contributed by atoms with van der Waals surface area (Å²) < 4.78 is 13.5. The molecule has 0 aliphatic heterocycles. The van der Waals surface area contributed by atoms with Crippen LogP contribution in [0.15, 0.2) is 52.2 Å². The van der Waals surface area contributed by atoms with Gasteiger partial charge in [0.1, 0.15) is 5.76 Å². The summed E-state index contributed by atoms with van der Waals surface area (Å²) in [5, 5.41) is 0.164. The minimum absolute atomic E-state index is 0.164. The number of nitrogens with zero attached hydrogens (tertiary/aromatic N) is 1. The molecule has 0 saturated heterocycles. The molecule has 0 spiro atoms. The zero-order chi connectivity index (χ0) is 19.4. The molecule has 0 fully saturated rings. The Labute approximate surface area is 157 Å². The van der Waals surface area contributed by atoms with Crippen molar-refractivity contribution in [2.24, 2.45) is 0 Å². The van der Waals surface area contributed by atoms with Crippen molar-refractivity contribution in [3.05, 3.63) is 70.6 Å². The second-order valence-electron chi connectivity index (χ2n) is 8.16. The minimum Gasteiger partial charge on any atom is -0.416 e. The van der Waals surface area contributed by atoms with Gasteiger partial charge in [-0.05, 0) is 23.7 Å². The summed E-state index contributed by atoms with van der Waals surface area (Å²) in [6.45, 7) is 16.0. The monoisotopic (exact) mass is 373 g/mol. The van der Waals surface area contributed by atoms with Crippen molar-refractivity contribution in [2.45, 2.75) is 58.3 Å². The highest BCUT2D eigenvalue weighted by Gasteiger charge is 2.37. The second kappa shape index (κ2) is 8.23. The van der Waals surface area contributed by atoms with Crippen LogP contribution in [-0.2, 0) is 23.8 Å². The lowest BCUT2D eigenvalue weighted by Crippen LogP contribution is -2.41. The van der Waals surface area contributed by atoms with Crippen LogP contribution in [0.1, 0.15) is 37.8 Å². The smallest absolute Gasteiger partial charge is 0.416 e. The fraction of sp³-hybridized carbons (Fsp3) is 0.476. The van der Waals surface area contributed by atoms with Gasteiger partial charge in [0.2, 0.25) is 0 Å². The lowest BCUT2D eigenvalue weighted by atomic mass is 10.2. The van der Waals surface area contributed by atoms with Crippen LogP contribution < -0.4 is 5.76 Å². The van der Waals surface area contributed by atoms with E-state index in [1.54, 1.807) is 4.57 Å². The Morgan fingerprint density at radius 2 is 1.88 bits per heavy atom. The molecule has 2 rings (SSSR count). The molecule has 0 amide bonds. The molecular formula is C21H31NO3Si. The van der Waals surface area contributed by atoms with E-state index in [2.05, 4.69) is 40.4 Å². The number of allylic oxidation sites excluding steroid dienone is 1. The first kappa shape index (κ1) is 20.5. The first-order chi connectivity index (χ1) is 12.2. The van der Waals surface area contributed by atoms with Crippen molar-refractivity contribution in [1.29, 1.82) is 0 Å². The van der Waals surface area contributed by atoms with Gasteiger partial charge < -0.3 is 8.84 Å². The number of aromatic nitrogens is 1. The van der Waals surface area contributed by atoms with Crippen molar-refractivity contribution in [3.63, 3.8) is 0 Å². The fourth-order valence-electron chi connectivity index (χ4n) is 2.58. The average molecular weight is 374 g/mol. The number of hydrogen-bond donors (Lipinski definition) is 0. The molecule has 5 heteroatoms. The van der Waals surface area contributed by atoms with Crippen molar-refractivity contribution in [1.82, 2.24) is 4.57 Å². The van der Waals surface area contributed by atoms with Crippen molar-refractivity contribution in [2.75, 3.05) is 6.61 Å². The number of hydrogen-bond acceptors (Lipinski definition) is 3. The number of oxazole rings is 1. The molecule has 0 atom stereocenters. The predicted octanol–water partition coefficient (Wildman–Crippen LogP) is 4.78. The van der Waals surface area contributed by atoms with E-state index in [-0.39, 0.29) is 10.8 Å². The minimum atomic E-state index is -1.81. The van der Waals surface area contributed by atoms with E-state index >= 15 is 0 Å². The van der Waals surface area contributed by atoms with E-state index in [0.29, 0.717) is 31.8 Å². The van der Waals surface area contributed by atoms with E-state index in [0.717, 1.165) is 11.3 Å². The van der Waals surface area contributed by atoms with Gasteiger partial charge in [0.25, 0.3) is 0 Å². The van der Waals surface area contributed by atoms with Gasteiger partial charge >= 0.3 is 5.76 Å². The van der Waals surface area contributed by atoms with Gasteiger partial charge in [0.05, 0.1) is 12.2 Å². The van der Waals surface area contributed by atoms with Crippen LogP contribution in [0, 0.1) is 0 Å². The largest absolute Gasteiger partial charge is 0.419 e. The van der Waals surface area contributed by atoms with Crippen LogP contribution in [0.4, 0.5) is 0 Å². The molecule has 0 N–H and O–H groups in total. The molecule has 0 unspecified atom stereocenters. The standard InChI is InChI=1S/C21H31NO3Si/c1-7-11-18-19(14-15-24-26(5,6)21(2,3)4)25-20(23)22(18)16-17-12-9-8-10-13-17/h7-10,12-13H,1,11,14-16H2,2-6H3. The maximum atomic E-state index is 12.4. The third-order valence-electron chi connectivity index (χ3n) is 5.20. The molecular weight excluding hydrogens is 342 g/mol. The van der Waals surface area contributed by atoms with E-state index in [9.17, 15) is 4.79 Å². The Balaban J connectivity index is 2.17. The first-order valence-electron chi connectivity index (χ1n) is 9.16. The molecule has 0 bridgehead atoms. The topological polar surface area (TPSA) is 44.4 Å². The molecule has 0 aliphatic carbocycles. The SMILES string of the molecule is C=CCc1c(CCO[Si](C)(C)C(C)(C)C)oc(=O)n1Cc1ccccc1. The summed E-state index contributed by atoms with van der Waals surface area (Å²) in [6.07, 6.45) is 3.02. The van der Waals surface area contributed by atoms with Crippen LogP contribution in [0.2, 0.25) is 18.1 Å². The maximum absolute atomic E-state index is 12.4. The molecule has 4 nitrogen and oxygen atoms in total. The van der Waals surface area contributed by atoms with Crippen LogP contribution in [-0.4, -0.2) is 19.5 Å². The zero-order valence-corrected chi connectivity index (χ0v) is 17.7. The van der Waals surface area contributed by atoms with Crippen molar-refractivity contribution < 1.29 is 8.84 Å². The van der Waals surface area contributed by atoms with E-state index in [1.807, 2.05) is 36.4 Å². The number of benzene rings is 1. The maximum Gasteiger partial charge on any atom is 0.419 e. The summed E-state index contributed by atoms with van der Waals surface area (Å²) in [6, 6.07) is 9.94. The zero-order valence-electron chi connectivity index (χ0n) is 16.7. The normalized spacial score (nSPS) is 12.3. The number of rotatable bonds is 8. The van der Waals surface area contributed by atoms with Crippen molar-refractivity contribution in [3.8, 4) is 0 Å². The third kappa shape index (κ3) is 4.86. The second-order valence-corrected chi connectivity index (χ2v) is 13.0. The molecule has 26 heavy (non-hydrogen) atoms. The van der Waals surface area contributed by atoms with Gasteiger partial charge in [0, 0.05) is 19.4 Å². The van der Waals surface area contributed by atoms with Crippen LogP contribution >= 0.6 is 0 Å². The Bertz CT molecular complexity index is 782. The summed E-state index contributed by atoms with van der Waals surface area (Å²) >= 11 is 0. The Morgan fingerprint density at radius 1 is 1.23 bits per heavy atom. The highest BCUT2D eigenvalue weighted by molar-refractivity contribution is 6.74. The van der Waals surface area contributed by atoms with Crippen molar-refractivity contribution >= 4 is 8.32 Å². The van der Waals surface area contributed by atoms with E-state index in [1.165, 1.54) is 0 Å². The molecule has 142 valence electrons. The highest BCUT2D eigenvalue weighted by Crippen LogP contribution is 2.36. The lowest BCUT2D eigenvalue weighted by molar-refractivity contribution is 0.280. The van der Waals surface area contributed by atoms with E-state index < -0.39 is 8.32 Å². The molecule has 0 saturated carbocycles.